The van der Waals surface area contributed by atoms with Gasteiger partial charge in [-0.1, -0.05) is 35.3 Å². The lowest BCUT2D eigenvalue weighted by Gasteiger charge is -2.12. The fourth-order valence-electron chi connectivity index (χ4n) is 2.31. The topological polar surface area (TPSA) is 59.9 Å². The van der Waals surface area contributed by atoms with Crippen molar-refractivity contribution >= 4 is 46.7 Å². The van der Waals surface area contributed by atoms with Crippen molar-refractivity contribution < 1.29 is 14.3 Å². The molecule has 0 saturated heterocycles. The minimum absolute atomic E-state index is 0.252. The first-order chi connectivity index (χ1) is 13.6. The van der Waals surface area contributed by atoms with E-state index in [0.717, 1.165) is 11.1 Å². The van der Waals surface area contributed by atoms with Gasteiger partial charge in [0.15, 0.2) is 11.5 Å². The van der Waals surface area contributed by atoms with Gasteiger partial charge in [-0.3, -0.25) is 4.79 Å². The lowest BCUT2D eigenvalue weighted by Crippen LogP contribution is -2.16. The molecule has 0 atom stereocenters. The number of carbonyl (C=O) groups excluding carboxylic acids is 1. The summed E-state index contributed by atoms with van der Waals surface area (Å²) in [4.78, 5) is 12.5. The molecule has 0 unspecified atom stereocenters. The van der Waals surface area contributed by atoms with Gasteiger partial charge in [0.1, 0.15) is 6.61 Å². The van der Waals surface area contributed by atoms with Crippen LogP contribution < -0.4 is 14.9 Å². The number of hydrazone groups is 1. The van der Waals surface area contributed by atoms with Gasteiger partial charge in [0.05, 0.1) is 18.2 Å². The number of rotatable bonds is 7. The molecule has 28 heavy (non-hydrogen) atoms. The largest absolute Gasteiger partial charge is 0.493 e. The number of halogens is 2. The molecule has 0 aliphatic rings. The van der Waals surface area contributed by atoms with Gasteiger partial charge in [0, 0.05) is 15.6 Å². The SMILES string of the molecule is COc1cc(/C=N\NC(=O)c2cccs2)ccc1OCc1ccc(Cl)cc1Cl. The van der Waals surface area contributed by atoms with Gasteiger partial charge in [0.2, 0.25) is 0 Å². The van der Waals surface area contributed by atoms with Gasteiger partial charge < -0.3 is 9.47 Å². The van der Waals surface area contributed by atoms with Crippen LogP contribution in [-0.4, -0.2) is 19.2 Å². The monoisotopic (exact) mass is 434 g/mol. The number of amides is 1. The minimum Gasteiger partial charge on any atom is -0.493 e. The summed E-state index contributed by atoms with van der Waals surface area (Å²) >= 11 is 13.4. The van der Waals surface area contributed by atoms with Crippen LogP contribution in [0.25, 0.3) is 0 Å². The number of hydrogen-bond acceptors (Lipinski definition) is 5. The van der Waals surface area contributed by atoms with E-state index in [9.17, 15) is 4.79 Å². The van der Waals surface area contributed by atoms with Gasteiger partial charge in [-0.25, -0.2) is 5.43 Å². The standard InChI is InChI=1S/C20H16Cl2N2O3S/c1-26-18-9-13(11-23-24-20(25)19-3-2-8-28-19)4-7-17(18)27-12-14-5-6-15(21)10-16(14)22/h2-11H,12H2,1H3,(H,24,25)/b23-11-. The normalized spacial score (nSPS) is 10.8. The molecule has 1 amide bonds. The summed E-state index contributed by atoms with van der Waals surface area (Å²) in [5, 5.41) is 6.91. The first kappa shape index (κ1) is 20.2. The number of nitrogens with one attached hydrogen (secondary N) is 1. The van der Waals surface area contributed by atoms with E-state index in [0.29, 0.717) is 26.4 Å². The zero-order valence-electron chi connectivity index (χ0n) is 14.8. The Labute approximate surface area is 176 Å². The van der Waals surface area contributed by atoms with Gasteiger partial charge in [-0.15, -0.1) is 11.3 Å². The zero-order chi connectivity index (χ0) is 19.9. The first-order valence-corrected chi connectivity index (χ1v) is 9.82. The fraction of sp³-hybridized carbons (Fsp3) is 0.100. The Bertz CT molecular complexity index is 991. The maximum atomic E-state index is 11.9. The molecule has 3 aromatic rings. The van der Waals surface area contributed by atoms with E-state index in [1.165, 1.54) is 17.6 Å². The van der Waals surface area contributed by atoms with Crippen LogP contribution in [0.15, 0.2) is 59.0 Å². The van der Waals surface area contributed by atoms with E-state index in [4.69, 9.17) is 32.7 Å². The molecule has 1 aromatic heterocycles. The predicted octanol–water partition coefficient (Wildman–Crippen LogP) is 5.41. The van der Waals surface area contributed by atoms with Crippen LogP contribution >= 0.6 is 34.5 Å². The Morgan fingerprint density at radius 2 is 2.04 bits per heavy atom. The molecule has 0 fully saturated rings. The highest BCUT2D eigenvalue weighted by Crippen LogP contribution is 2.29. The second-order valence-electron chi connectivity index (χ2n) is 5.61. The summed E-state index contributed by atoms with van der Waals surface area (Å²) in [6.07, 6.45) is 1.54. The number of nitrogens with zero attached hydrogens (tertiary/aromatic N) is 1. The summed E-state index contributed by atoms with van der Waals surface area (Å²) in [6, 6.07) is 14.1. The molecule has 1 N–H and O–H groups in total. The molecule has 3 rings (SSSR count). The van der Waals surface area contributed by atoms with Crippen LogP contribution in [0, 0.1) is 0 Å². The van der Waals surface area contributed by atoms with E-state index in [1.807, 2.05) is 23.6 Å². The first-order valence-electron chi connectivity index (χ1n) is 8.18. The number of thiophene rings is 1. The fourth-order valence-corrected chi connectivity index (χ4v) is 3.38. The Hall–Kier alpha value is -2.54. The molecular weight excluding hydrogens is 419 g/mol. The molecule has 8 heteroatoms. The maximum Gasteiger partial charge on any atom is 0.281 e. The molecule has 0 spiro atoms. The van der Waals surface area contributed by atoms with Crippen LogP contribution in [-0.2, 0) is 6.61 Å². The molecule has 0 bridgehead atoms. The van der Waals surface area contributed by atoms with Crippen molar-refractivity contribution in [1.29, 1.82) is 0 Å². The summed E-state index contributed by atoms with van der Waals surface area (Å²) in [5.74, 6) is 0.852. The van der Waals surface area contributed by atoms with Crippen molar-refractivity contribution in [3.8, 4) is 11.5 Å². The van der Waals surface area contributed by atoms with E-state index in [1.54, 1.807) is 37.4 Å². The highest BCUT2D eigenvalue weighted by Gasteiger charge is 2.08. The van der Waals surface area contributed by atoms with Crippen molar-refractivity contribution in [2.75, 3.05) is 7.11 Å². The van der Waals surface area contributed by atoms with Crippen molar-refractivity contribution in [2.24, 2.45) is 5.10 Å². The van der Waals surface area contributed by atoms with E-state index in [-0.39, 0.29) is 12.5 Å². The molecule has 144 valence electrons. The quantitative estimate of drug-likeness (QED) is 0.399. The van der Waals surface area contributed by atoms with Crippen LogP contribution in [0.4, 0.5) is 0 Å². The van der Waals surface area contributed by atoms with E-state index >= 15 is 0 Å². The van der Waals surface area contributed by atoms with Crippen LogP contribution in [0.3, 0.4) is 0 Å². The number of carbonyl (C=O) groups is 1. The third-order valence-corrected chi connectivity index (χ3v) is 5.17. The summed E-state index contributed by atoms with van der Waals surface area (Å²) in [5.41, 5.74) is 4.05. The molecule has 0 aliphatic carbocycles. The predicted molar refractivity (Wildman–Crippen MR) is 113 cm³/mol. The molecule has 0 aliphatic heterocycles. The smallest absolute Gasteiger partial charge is 0.281 e. The van der Waals surface area contributed by atoms with Gasteiger partial charge >= 0.3 is 0 Å². The van der Waals surface area contributed by atoms with Crippen molar-refractivity contribution in [3.63, 3.8) is 0 Å². The zero-order valence-corrected chi connectivity index (χ0v) is 17.1. The second-order valence-corrected chi connectivity index (χ2v) is 7.40. The Kier molecular flexibility index (Phi) is 6.92. The molecular formula is C20H16Cl2N2O3S. The minimum atomic E-state index is -0.252. The molecule has 0 saturated carbocycles. The Balaban J connectivity index is 1.64. The highest BCUT2D eigenvalue weighted by atomic mass is 35.5. The van der Waals surface area contributed by atoms with Gasteiger partial charge in [-0.05, 0) is 47.3 Å². The molecule has 2 aromatic carbocycles. The lowest BCUT2D eigenvalue weighted by molar-refractivity contribution is 0.0959. The maximum absolute atomic E-state index is 11.9. The molecule has 5 nitrogen and oxygen atoms in total. The third-order valence-electron chi connectivity index (χ3n) is 3.71. The summed E-state index contributed by atoms with van der Waals surface area (Å²) in [6.45, 7) is 0.274. The second kappa shape index (κ2) is 9.59. The molecule has 0 radical (unpaired) electrons. The third kappa shape index (κ3) is 5.25. The van der Waals surface area contributed by atoms with Crippen LogP contribution in [0.5, 0.6) is 11.5 Å². The Morgan fingerprint density at radius 1 is 1.18 bits per heavy atom. The van der Waals surface area contributed by atoms with Crippen molar-refractivity contribution in [2.45, 2.75) is 6.61 Å². The average molecular weight is 435 g/mol. The van der Waals surface area contributed by atoms with Crippen molar-refractivity contribution in [3.05, 3.63) is 80.0 Å². The lowest BCUT2D eigenvalue weighted by atomic mass is 10.2. The van der Waals surface area contributed by atoms with Gasteiger partial charge in [-0.2, -0.15) is 5.10 Å². The van der Waals surface area contributed by atoms with Gasteiger partial charge in [0.25, 0.3) is 5.91 Å². The number of methoxy groups -OCH3 is 1. The van der Waals surface area contributed by atoms with E-state index in [2.05, 4.69) is 10.5 Å². The summed E-state index contributed by atoms with van der Waals surface area (Å²) < 4.78 is 11.2. The number of hydrogen-bond donors (Lipinski definition) is 1. The number of ether oxygens (including phenoxy) is 2. The average Bonchev–Trinajstić information content (AvgIpc) is 3.22. The van der Waals surface area contributed by atoms with E-state index < -0.39 is 0 Å². The van der Waals surface area contributed by atoms with Crippen LogP contribution in [0.2, 0.25) is 10.0 Å². The number of benzene rings is 2. The van der Waals surface area contributed by atoms with Crippen molar-refractivity contribution in [1.82, 2.24) is 5.43 Å². The summed E-state index contributed by atoms with van der Waals surface area (Å²) in [7, 11) is 1.55. The highest BCUT2D eigenvalue weighted by molar-refractivity contribution is 7.12. The van der Waals surface area contributed by atoms with Crippen LogP contribution in [0.1, 0.15) is 20.8 Å². The Morgan fingerprint density at radius 3 is 2.75 bits per heavy atom. The molecule has 1 heterocycles.